The molecule has 1 aliphatic rings. The first-order valence-electron chi connectivity index (χ1n) is 11.5. The number of rotatable bonds is 13. The van der Waals surface area contributed by atoms with E-state index in [9.17, 15) is 33.1 Å². The second-order valence-electron chi connectivity index (χ2n) is 8.29. The summed E-state index contributed by atoms with van der Waals surface area (Å²) in [6.07, 6.45) is 0.505. The molecule has 2 aromatic heterocycles. The molecule has 0 bridgehead atoms. The molecule has 0 spiro atoms. The van der Waals surface area contributed by atoms with E-state index in [2.05, 4.69) is 35.7 Å². The molecule has 240 valence electrons. The van der Waals surface area contributed by atoms with E-state index in [4.69, 9.17) is 29.5 Å². The minimum absolute atomic E-state index is 0.00172. The quantitative estimate of drug-likeness (QED) is 0.0290. The summed E-state index contributed by atoms with van der Waals surface area (Å²) >= 11 is 1.54. The van der Waals surface area contributed by atoms with Crippen LogP contribution in [0, 0.1) is 11.8 Å². The maximum atomic E-state index is 12.8. The number of nitrogen functional groups attached to an aromatic ring is 1. The topological polar surface area (TPSA) is 284 Å². The number of anilines is 1. The SMILES string of the molecule is CSSC(C)OC1CC(n2cc(C#CCNC(=O)I)c3c(=O)[nH]c(N)nc32)OC1COP(=O)(O)OP(=O)(O)OP(=O)(O)O. The highest BCUT2D eigenvalue weighted by Crippen LogP contribution is 2.66. The van der Waals surface area contributed by atoms with Gasteiger partial charge in [-0.3, -0.25) is 19.1 Å². The molecule has 1 saturated heterocycles. The third-order valence-electron chi connectivity index (χ3n) is 5.15. The Kier molecular flexibility index (Phi) is 12.8. The van der Waals surface area contributed by atoms with E-state index in [1.54, 1.807) is 29.5 Å². The van der Waals surface area contributed by atoms with Crippen LogP contribution in [0.5, 0.6) is 0 Å². The average molecular weight is 819 g/mol. The maximum Gasteiger partial charge on any atom is 0.490 e. The lowest BCUT2D eigenvalue weighted by atomic mass is 10.2. The normalized spacial score (nSPS) is 22.3. The van der Waals surface area contributed by atoms with Crippen LogP contribution in [-0.4, -0.2) is 75.1 Å². The number of ether oxygens (including phenoxy) is 2. The van der Waals surface area contributed by atoms with Crippen molar-refractivity contribution in [2.45, 2.75) is 37.2 Å². The van der Waals surface area contributed by atoms with Gasteiger partial charge in [-0.15, -0.1) is 0 Å². The number of halogens is 1. The molecule has 1 fully saturated rings. The summed E-state index contributed by atoms with van der Waals surface area (Å²) < 4.78 is 60.3. The summed E-state index contributed by atoms with van der Waals surface area (Å²) in [5.74, 6) is 5.31. The van der Waals surface area contributed by atoms with Gasteiger partial charge in [0.25, 0.3) is 9.47 Å². The zero-order valence-corrected chi connectivity index (χ0v) is 28.4. The fourth-order valence-corrected chi connectivity index (χ4v) is 8.41. The van der Waals surface area contributed by atoms with Gasteiger partial charge in [0.05, 0.1) is 30.2 Å². The van der Waals surface area contributed by atoms with Crippen LogP contribution >= 0.6 is 67.6 Å². The van der Waals surface area contributed by atoms with Crippen LogP contribution in [0.15, 0.2) is 11.0 Å². The van der Waals surface area contributed by atoms with Crippen molar-refractivity contribution in [3.63, 3.8) is 0 Å². The number of phosphoric ester groups is 1. The number of H-pyrrole nitrogens is 1. The Morgan fingerprint density at radius 3 is 2.65 bits per heavy atom. The van der Waals surface area contributed by atoms with Gasteiger partial charge in [-0.1, -0.05) is 33.4 Å². The van der Waals surface area contributed by atoms with Gasteiger partial charge in [0.1, 0.15) is 17.8 Å². The predicted molar refractivity (Wildman–Crippen MR) is 163 cm³/mol. The molecular formula is C18H25IN5O14P3S2. The van der Waals surface area contributed by atoms with Crippen LogP contribution in [0.4, 0.5) is 10.7 Å². The van der Waals surface area contributed by atoms with Gasteiger partial charge >= 0.3 is 23.5 Å². The number of nitrogens with zero attached hydrogens (tertiary/aromatic N) is 2. The van der Waals surface area contributed by atoms with Crippen molar-refractivity contribution < 1.29 is 60.7 Å². The van der Waals surface area contributed by atoms with Gasteiger partial charge in [0.15, 0.2) is 5.65 Å². The van der Waals surface area contributed by atoms with Gasteiger partial charge in [-0.25, -0.2) is 13.7 Å². The molecule has 0 aliphatic carbocycles. The minimum atomic E-state index is -5.73. The lowest BCUT2D eigenvalue weighted by molar-refractivity contribution is -0.0616. The van der Waals surface area contributed by atoms with Crippen LogP contribution in [0.2, 0.25) is 0 Å². The van der Waals surface area contributed by atoms with E-state index in [1.807, 2.05) is 6.26 Å². The van der Waals surface area contributed by atoms with E-state index in [0.29, 0.717) is 0 Å². The molecule has 6 atom stereocenters. The Morgan fingerprint density at radius 2 is 2.02 bits per heavy atom. The molecule has 3 rings (SSSR count). The van der Waals surface area contributed by atoms with Crippen molar-refractivity contribution >= 4 is 88.5 Å². The van der Waals surface area contributed by atoms with Crippen LogP contribution < -0.4 is 16.6 Å². The Bertz CT molecular complexity index is 1610. The summed E-state index contributed by atoms with van der Waals surface area (Å²) in [5, 5.41) is 2.57. The molecule has 0 saturated carbocycles. The molecule has 6 unspecified atom stereocenters. The van der Waals surface area contributed by atoms with Gasteiger partial charge in [-0.2, -0.15) is 13.6 Å². The Balaban J connectivity index is 1.90. The van der Waals surface area contributed by atoms with E-state index in [1.165, 1.54) is 32.4 Å². The van der Waals surface area contributed by atoms with Crippen LogP contribution in [0.25, 0.3) is 11.0 Å². The zero-order valence-electron chi connectivity index (χ0n) is 21.9. The molecule has 25 heteroatoms. The lowest BCUT2D eigenvalue weighted by Gasteiger charge is -2.23. The second kappa shape index (κ2) is 15.1. The number of amides is 1. The van der Waals surface area contributed by atoms with Crippen molar-refractivity contribution in [1.29, 1.82) is 0 Å². The lowest BCUT2D eigenvalue weighted by Crippen LogP contribution is -2.30. The molecule has 1 amide bonds. The van der Waals surface area contributed by atoms with Crippen LogP contribution in [0.1, 0.15) is 25.1 Å². The molecule has 0 radical (unpaired) electrons. The Morgan fingerprint density at radius 1 is 1.33 bits per heavy atom. The summed E-state index contributed by atoms with van der Waals surface area (Å²) in [7, 11) is -14.0. The van der Waals surface area contributed by atoms with Crippen molar-refractivity contribution in [3.8, 4) is 11.8 Å². The highest BCUT2D eigenvalue weighted by molar-refractivity contribution is 14.1. The first-order valence-corrected chi connectivity index (χ1v) is 19.7. The van der Waals surface area contributed by atoms with Gasteiger partial charge in [0.2, 0.25) is 5.95 Å². The Hall–Kier alpha value is -0.990. The number of carbonyl (C=O) groups excluding carboxylic acids is 1. The number of phosphoric acid groups is 3. The Labute approximate surface area is 264 Å². The number of aromatic nitrogens is 3. The van der Waals surface area contributed by atoms with Crippen molar-refractivity contribution in [1.82, 2.24) is 19.9 Å². The fraction of sp³-hybridized carbons (Fsp3) is 0.500. The van der Waals surface area contributed by atoms with Gasteiger partial charge in [0, 0.05) is 35.2 Å². The molecule has 2 aromatic rings. The third-order valence-corrected chi connectivity index (χ3v) is 11.3. The number of aromatic amines is 1. The molecular weight excluding hydrogens is 794 g/mol. The number of hydrogen-bond acceptors (Lipinski definition) is 14. The van der Waals surface area contributed by atoms with E-state index in [-0.39, 0.29) is 39.4 Å². The summed E-state index contributed by atoms with van der Waals surface area (Å²) in [4.78, 5) is 67.2. The molecule has 8 N–H and O–H groups in total. The van der Waals surface area contributed by atoms with Crippen molar-refractivity contribution in [3.05, 3.63) is 22.1 Å². The second-order valence-corrected chi connectivity index (χ2v) is 16.5. The fourth-order valence-electron chi connectivity index (χ4n) is 3.78. The number of nitrogens with two attached hydrogens (primary N) is 1. The van der Waals surface area contributed by atoms with Gasteiger partial charge < -0.3 is 44.7 Å². The standard InChI is InChI=1S/C18H25IN5O14P3S2/c1-9(43-42-2)35-11-6-13(36-12(11)8-34-40(30,31)38-41(32,33)37-39(27,28)29)24-7-10(4-3-5-21-17(19)26)14-15(24)22-18(20)23-16(14)25/h7,9,11-13H,5-6,8H2,1-2H3,(H,21,26)(H,30,31)(H,32,33)(H2,27,28,29)(H3,20,22,23,25). The molecule has 0 aromatic carbocycles. The zero-order chi connectivity index (χ0) is 32.2. The maximum absolute atomic E-state index is 12.8. The summed E-state index contributed by atoms with van der Waals surface area (Å²) in [5.41, 5.74) is 5.08. The first kappa shape index (κ1) is 36.5. The molecule has 1 aliphatic heterocycles. The largest absolute Gasteiger partial charge is 0.490 e. The average Bonchev–Trinajstić information content (AvgIpc) is 3.39. The summed E-state index contributed by atoms with van der Waals surface area (Å²) in [6.45, 7) is 0.973. The predicted octanol–water partition coefficient (Wildman–Crippen LogP) is 2.18. The van der Waals surface area contributed by atoms with Crippen molar-refractivity contribution in [2.24, 2.45) is 0 Å². The van der Waals surface area contributed by atoms with E-state index >= 15 is 0 Å². The number of hydrogen-bond donors (Lipinski definition) is 7. The van der Waals surface area contributed by atoms with E-state index < -0.39 is 59.5 Å². The number of carbonyl (C=O) groups is 1. The molecule has 43 heavy (non-hydrogen) atoms. The summed E-state index contributed by atoms with van der Waals surface area (Å²) in [6, 6.07) is 0. The molecule has 3 heterocycles. The van der Waals surface area contributed by atoms with Crippen LogP contribution in [0.3, 0.4) is 0 Å². The third kappa shape index (κ3) is 11.1. The number of nitrogens with one attached hydrogen (secondary N) is 2. The van der Waals surface area contributed by atoms with Crippen LogP contribution in [-0.2, 0) is 36.3 Å². The smallest absolute Gasteiger partial charge is 0.369 e. The van der Waals surface area contributed by atoms with Gasteiger partial charge in [-0.05, 0) is 13.2 Å². The minimum Gasteiger partial charge on any atom is -0.369 e. The number of fused-ring (bicyclic) bond motifs is 1. The first-order chi connectivity index (χ1) is 19.9. The monoisotopic (exact) mass is 819 g/mol. The highest BCUT2D eigenvalue weighted by atomic mass is 127. The highest BCUT2D eigenvalue weighted by Gasteiger charge is 2.44. The molecule has 19 nitrogen and oxygen atoms in total. The van der Waals surface area contributed by atoms with E-state index in [0.717, 1.165) is 0 Å². The van der Waals surface area contributed by atoms with Crippen molar-refractivity contribution in [2.75, 3.05) is 25.1 Å².